The minimum atomic E-state index is -0.234. The number of hydrogen-bond donors (Lipinski definition) is 1. The van der Waals surface area contributed by atoms with Gasteiger partial charge in [0.2, 0.25) is 5.91 Å². The van der Waals surface area contributed by atoms with E-state index in [9.17, 15) is 9.18 Å². The molecule has 0 spiro atoms. The molecule has 0 bridgehead atoms. The normalized spacial score (nSPS) is 17.2. The minimum absolute atomic E-state index is 0.128. The molecule has 1 aliphatic heterocycles. The first kappa shape index (κ1) is 16.4. The topological polar surface area (TPSA) is 32.3 Å². The van der Waals surface area contributed by atoms with E-state index in [2.05, 4.69) is 26.1 Å². The van der Waals surface area contributed by atoms with Crippen molar-refractivity contribution in [3.63, 3.8) is 0 Å². The van der Waals surface area contributed by atoms with Crippen LogP contribution in [0.5, 0.6) is 0 Å². The maximum atomic E-state index is 13.2. The molecule has 1 aromatic rings. The van der Waals surface area contributed by atoms with Crippen LogP contribution in [0.15, 0.2) is 22.7 Å². The molecular weight excluding hydrogens is 335 g/mol. The number of benzene rings is 1. The predicted octanol–water partition coefficient (Wildman–Crippen LogP) is 3.32. The average Bonchev–Trinajstić information content (AvgIpc) is 2.43. The van der Waals surface area contributed by atoms with Gasteiger partial charge >= 0.3 is 0 Å². The van der Waals surface area contributed by atoms with Crippen molar-refractivity contribution >= 4 is 21.8 Å². The number of carbonyl (C=O) groups excluding carboxylic acids is 1. The molecule has 0 unspecified atom stereocenters. The van der Waals surface area contributed by atoms with E-state index in [1.165, 1.54) is 6.07 Å². The molecule has 21 heavy (non-hydrogen) atoms. The van der Waals surface area contributed by atoms with Gasteiger partial charge in [-0.15, -0.1) is 0 Å². The average molecular weight is 357 g/mol. The van der Waals surface area contributed by atoms with Crippen LogP contribution in [0, 0.1) is 11.7 Å². The monoisotopic (exact) mass is 356 g/mol. The summed E-state index contributed by atoms with van der Waals surface area (Å²) in [5.74, 6) is 0.0700. The summed E-state index contributed by atoms with van der Waals surface area (Å²) in [6.45, 7) is 6.59. The van der Waals surface area contributed by atoms with Gasteiger partial charge in [0, 0.05) is 18.5 Å². The summed E-state index contributed by atoms with van der Waals surface area (Å²) < 4.78 is 13.7. The number of carbonyl (C=O) groups is 1. The molecule has 3 nitrogen and oxygen atoms in total. The number of nitrogens with zero attached hydrogens (tertiary/aromatic N) is 1. The highest BCUT2D eigenvalue weighted by Crippen LogP contribution is 2.22. The van der Waals surface area contributed by atoms with Crippen LogP contribution in [-0.2, 0) is 11.3 Å². The highest BCUT2D eigenvalue weighted by molar-refractivity contribution is 9.10. The van der Waals surface area contributed by atoms with Crippen LogP contribution < -0.4 is 5.32 Å². The molecule has 2 rings (SSSR count). The van der Waals surface area contributed by atoms with Crippen molar-refractivity contribution in [2.75, 3.05) is 13.1 Å². The van der Waals surface area contributed by atoms with Crippen molar-refractivity contribution in [3.8, 4) is 0 Å². The Morgan fingerprint density at radius 3 is 2.67 bits per heavy atom. The second-order valence-corrected chi connectivity index (χ2v) is 6.82. The maximum absolute atomic E-state index is 13.2. The maximum Gasteiger partial charge on any atom is 0.223 e. The highest BCUT2D eigenvalue weighted by Gasteiger charge is 2.25. The van der Waals surface area contributed by atoms with Crippen LogP contribution in [0.3, 0.4) is 0 Å². The first-order valence-corrected chi connectivity index (χ1v) is 8.21. The number of likely N-dealkylation sites (tertiary alicyclic amines) is 1. The Kier molecular flexibility index (Phi) is 5.76. The first-order valence-electron chi connectivity index (χ1n) is 7.42. The van der Waals surface area contributed by atoms with E-state index in [4.69, 9.17) is 0 Å². The van der Waals surface area contributed by atoms with E-state index in [0.29, 0.717) is 4.47 Å². The second-order valence-electron chi connectivity index (χ2n) is 5.96. The summed E-state index contributed by atoms with van der Waals surface area (Å²) >= 11 is 3.22. The molecule has 1 N–H and O–H groups in total. The number of halogens is 2. The van der Waals surface area contributed by atoms with Crippen molar-refractivity contribution in [2.24, 2.45) is 5.92 Å². The van der Waals surface area contributed by atoms with Crippen molar-refractivity contribution in [1.82, 2.24) is 10.2 Å². The van der Waals surface area contributed by atoms with Gasteiger partial charge in [-0.2, -0.15) is 0 Å². The molecule has 5 heteroatoms. The summed E-state index contributed by atoms with van der Waals surface area (Å²) in [5.41, 5.74) is 1.09. The number of hydrogen-bond acceptors (Lipinski definition) is 2. The van der Waals surface area contributed by atoms with E-state index < -0.39 is 0 Å². The van der Waals surface area contributed by atoms with Gasteiger partial charge in [0.05, 0.1) is 4.47 Å². The zero-order chi connectivity index (χ0) is 15.4. The molecular formula is C16H22BrFN2O. The number of rotatable bonds is 4. The fourth-order valence-corrected chi connectivity index (χ4v) is 3.08. The van der Waals surface area contributed by atoms with Crippen LogP contribution in [0.1, 0.15) is 32.3 Å². The predicted molar refractivity (Wildman–Crippen MR) is 85.4 cm³/mol. The molecule has 1 heterocycles. The van der Waals surface area contributed by atoms with E-state index >= 15 is 0 Å². The molecule has 1 aromatic carbocycles. The third-order valence-corrected chi connectivity index (χ3v) is 4.39. The number of nitrogens with one attached hydrogen (secondary N) is 1. The lowest BCUT2D eigenvalue weighted by Crippen LogP contribution is -2.42. The lowest BCUT2D eigenvalue weighted by molar-refractivity contribution is -0.127. The minimum Gasteiger partial charge on any atom is -0.354 e. The lowest BCUT2D eigenvalue weighted by atomic mass is 9.95. The van der Waals surface area contributed by atoms with Gasteiger partial charge in [0.15, 0.2) is 0 Å². The highest BCUT2D eigenvalue weighted by atomic mass is 79.9. The van der Waals surface area contributed by atoms with Gasteiger partial charge in [-0.25, -0.2) is 4.39 Å². The Morgan fingerprint density at radius 1 is 1.43 bits per heavy atom. The van der Waals surface area contributed by atoms with Crippen LogP contribution in [0.2, 0.25) is 0 Å². The molecule has 1 saturated heterocycles. The summed E-state index contributed by atoms with van der Waals surface area (Å²) in [4.78, 5) is 14.3. The van der Waals surface area contributed by atoms with Crippen LogP contribution in [0.25, 0.3) is 0 Å². The molecule has 0 atom stereocenters. The van der Waals surface area contributed by atoms with E-state index in [-0.39, 0.29) is 23.7 Å². The van der Waals surface area contributed by atoms with Gasteiger partial charge in [-0.1, -0.05) is 6.07 Å². The van der Waals surface area contributed by atoms with Crippen molar-refractivity contribution in [2.45, 2.75) is 39.3 Å². The zero-order valence-electron chi connectivity index (χ0n) is 12.5. The second kappa shape index (κ2) is 7.36. The van der Waals surface area contributed by atoms with Crippen LogP contribution in [0.4, 0.5) is 4.39 Å². The van der Waals surface area contributed by atoms with Crippen molar-refractivity contribution in [1.29, 1.82) is 0 Å². The van der Waals surface area contributed by atoms with Gasteiger partial charge in [-0.05, 0) is 73.4 Å². The molecule has 0 aliphatic carbocycles. The zero-order valence-corrected chi connectivity index (χ0v) is 14.1. The largest absolute Gasteiger partial charge is 0.354 e. The molecule has 1 amide bonds. The number of piperidine rings is 1. The van der Waals surface area contributed by atoms with Gasteiger partial charge in [0.1, 0.15) is 5.82 Å². The van der Waals surface area contributed by atoms with Crippen LogP contribution in [-0.4, -0.2) is 29.9 Å². The summed E-state index contributed by atoms with van der Waals surface area (Å²) in [7, 11) is 0. The third-order valence-electron chi connectivity index (χ3n) is 3.78. The quantitative estimate of drug-likeness (QED) is 0.897. The summed E-state index contributed by atoms with van der Waals surface area (Å²) in [6, 6.07) is 5.33. The first-order chi connectivity index (χ1) is 9.95. The smallest absolute Gasteiger partial charge is 0.223 e. The van der Waals surface area contributed by atoms with Gasteiger partial charge in [0.25, 0.3) is 0 Å². The fourth-order valence-electron chi connectivity index (χ4n) is 2.65. The van der Waals surface area contributed by atoms with E-state index in [1.54, 1.807) is 0 Å². The molecule has 1 fully saturated rings. The van der Waals surface area contributed by atoms with E-state index in [0.717, 1.165) is 38.0 Å². The number of amides is 1. The lowest BCUT2D eigenvalue weighted by Gasteiger charge is -2.31. The molecule has 0 saturated carbocycles. The van der Waals surface area contributed by atoms with Crippen molar-refractivity contribution in [3.05, 3.63) is 34.1 Å². The Hall–Kier alpha value is -0.940. The third kappa shape index (κ3) is 4.78. The molecule has 1 aliphatic rings. The fraction of sp³-hybridized carbons (Fsp3) is 0.562. The molecule has 116 valence electrons. The van der Waals surface area contributed by atoms with Gasteiger partial charge < -0.3 is 5.32 Å². The van der Waals surface area contributed by atoms with E-state index in [1.807, 2.05) is 26.0 Å². The summed E-state index contributed by atoms with van der Waals surface area (Å²) in [5, 5.41) is 2.99. The van der Waals surface area contributed by atoms with Crippen molar-refractivity contribution < 1.29 is 9.18 Å². The molecule has 0 aromatic heterocycles. The van der Waals surface area contributed by atoms with Gasteiger partial charge in [-0.3, -0.25) is 9.69 Å². The van der Waals surface area contributed by atoms with Crippen LogP contribution >= 0.6 is 15.9 Å². The Balaban J connectivity index is 1.84. The Labute approximate surface area is 134 Å². The summed E-state index contributed by atoms with van der Waals surface area (Å²) in [6.07, 6.45) is 1.78. The Bertz CT molecular complexity index is 499. The standard InChI is InChI=1S/C16H22BrFN2O/c1-11(2)19-16(21)13-5-7-20(8-6-13)10-12-3-4-15(18)14(17)9-12/h3-4,9,11,13H,5-8,10H2,1-2H3,(H,19,21). The Morgan fingerprint density at radius 2 is 2.10 bits per heavy atom. The molecule has 0 radical (unpaired) electrons. The SMILES string of the molecule is CC(C)NC(=O)C1CCN(Cc2ccc(F)c(Br)c2)CC1.